The van der Waals surface area contributed by atoms with Crippen LogP contribution in [-0.4, -0.2) is 30.4 Å². The van der Waals surface area contributed by atoms with Gasteiger partial charge >= 0.3 is 0 Å². The third-order valence-electron chi connectivity index (χ3n) is 5.41. The molecule has 0 saturated carbocycles. The molecule has 2 aromatic carbocycles. The first kappa shape index (κ1) is 27.3. The number of nitrogens with one attached hydrogen (secondary N) is 2. The zero-order valence-electron chi connectivity index (χ0n) is 20.2. The van der Waals surface area contributed by atoms with Crippen LogP contribution in [0.1, 0.15) is 85.9 Å². The third kappa shape index (κ3) is 9.85. The molecule has 0 fully saturated rings. The Bertz CT molecular complexity index is 869. The van der Waals surface area contributed by atoms with Gasteiger partial charge in [0, 0.05) is 27.5 Å². The largest absolute Gasteiger partial charge is 0.352 e. The molecule has 2 rings (SSSR count). The van der Waals surface area contributed by atoms with Gasteiger partial charge in [-0.2, -0.15) is 0 Å². The molecule has 0 bridgehead atoms. The maximum absolute atomic E-state index is 12.8. The molecular formula is C27H38N2O2S2. The van der Waals surface area contributed by atoms with Crippen molar-refractivity contribution in [3.05, 3.63) is 53.6 Å². The van der Waals surface area contributed by atoms with Crippen molar-refractivity contribution in [3.8, 4) is 0 Å². The van der Waals surface area contributed by atoms with E-state index in [0.29, 0.717) is 23.4 Å². The first-order chi connectivity index (χ1) is 16.1. The summed E-state index contributed by atoms with van der Waals surface area (Å²) in [5, 5.41) is 5.92. The minimum atomic E-state index is -0.165. The minimum Gasteiger partial charge on any atom is -0.352 e. The van der Waals surface area contributed by atoms with Crippen molar-refractivity contribution in [2.24, 2.45) is 0 Å². The second-order valence-corrected chi connectivity index (χ2v) is 10.1. The summed E-state index contributed by atoms with van der Waals surface area (Å²) in [5.74, 6) is 0.835. The number of benzene rings is 2. The number of hydrogen-bond acceptors (Lipinski definition) is 4. The predicted molar refractivity (Wildman–Crippen MR) is 144 cm³/mol. The van der Waals surface area contributed by atoms with Gasteiger partial charge in [0.25, 0.3) is 11.8 Å². The van der Waals surface area contributed by atoms with Gasteiger partial charge in [0.05, 0.1) is 5.69 Å². The van der Waals surface area contributed by atoms with E-state index in [-0.39, 0.29) is 11.8 Å². The van der Waals surface area contributed by atoms with Crippen LogP contribution in [0.15, 0.2) is 52.3 Å². The van der Waals surface area contributed by atoms with Gasteiger partial charge < -0.3 is 10.6 Å². The summed E-state index contributed by atoms with van der Waals surface area (Å²) in [4.78, 5) is 27.4. The lowest BCUT2D eigenvalue weighted by Crippen LogP contribution is -2.24. The molecule has 4 nitrogen and oxygen atoms in total. The quantitative estimate of drug-likeness (QED) is 0.200. The topological polar surface area (TPSA) is 58.2 Å². The van der Waals surface area contributed by atoms with Crippen LogP contribution in [-0.2, 0) is 0 Å². The summed E-state index contributed by atoms with van der Waals surface area (Å²) in [5.41, 5.74) is 1.83. The Hall–Kier alpha value is -1.92. The number of anilines is 1. The van der Waals surface area contributed by atoms with Crippen molar-refractivity contribution in [2.75, 3.05) is 23.9 Å². The van der Waals surface area contributed by atoms with Crippen LogP contribution in [0.25, 0.3) is 0 Å². The lowest BCUT2D eigenvalue weighted by Gasteiger charge is -2.12. The van der Waals surface area contributed by atoms with Crippen LogP contribution in [0.2, 0.25) is 0 Å². The fraction of sp³-hybridized carbons (Fsp3) is 0.481. The Balaban J connectivity index is 1.91. The fourth-order valence-electron chi connectivity index (χ4n) is 3.40. The summed E-state index contributed by atoms with van der Waals surface area (Å²) in [6, 6.07) is 13.2. The van der Waals surface area contributed by atoms with E-state index in [9.17, 15) is 9.59 Å². The monoisotopic (exact) mass is 486 g/mol. The van der Waals surface area contributed by atoms with E-state index in [2.05, 4.69) is 24.5 Å². The van der Waals surface area contributed by atoms with Gasteiger partial charge in [0.15, 0.2) is 0 Å². The maximum Gasteiger partial charge on any atom is 0.255 e. The van der Waals surface area contributed by atoms with Crippen molar-refractivity contribution < 1.29 is 9.59 Å². The summed E-state index contributed by atoms with van der Waals surface area (Å²) >= 11 is 3.39. The molecule has 2 aromatic rings. The molecule has 0 radical (unpaired) electrons. The second-order valence-electron chi connectivity index (χ2n) is 8.12. The molecule has 0 aliphatic heterocycles. The Morgan fingerprint density at radius 1 is 0.788 bits per heavy atom. The molecule has 0 atom stereocenters. The molecule has 2 N–H and O–H groups in total. The molecule has 0 aliphatic carbocycles. The van der Waals surface area contributed by atoms with Crippen LogP contribution in [0.5, 0.6) is 0 Å². The molecule has 0 aliphatic rings. The summed E-state index contributed by atoms with van der Waals surface area (Å²) < 4.78 is 0. The lowest BCUT2D eigenvalue weighted by atomic mass is 10.1. The Labute approximate surface area is 208 Å². The lowest BCUT2D eigenvalue weighted by molar-refractivity contribution is 0.0951. The molecule has 2 amide bonds. The van der Waals surface area contributed by atoms with Gasteiger partial charge in [-0.15, -0.1) is 23.5 Å². The number of hydrogen-bond donors (Lipinski definition) is 2. The predicted octanol–water partition coefficient (Wildman–Crippen LogP) is 7.64. The Morgan fingerprint density at radius 3 is 2.15 bits per heavy atom. The molecular weight excluding hydrogens is 448 g/mol. The Morgan fingerprint density at radius 2 is 1.45 bits per heavy atom. The van der Waals surface area contributed by atoms with Gasteiger partial charge in [-0.3, -0.25) is 9.59 Å². The highest BCUT2D eigenvalue weighted by Gasteiger charge is 2.13. The Kier molecular flexibility index (Phi) is 13.1. The highest BCUT2D eigenvalue weighted by Crippen LogP contribution is 2.27. The van der Waals surface area contributed by atoms with Crippen molar-refractivity contribution in [3.63, 3.8) is 0 Å². The van der Waals surface area contributed by atoms with E-state index in [1.54, 1.807) is 23.9 Å². The van der Waals surface area contributed by atoms with Gasteiger partial charge in [0.2, 0.25) is 0 Å². The van der Waals surface area contributed by atoms with Crippen molar-refractivity contribution in [1.29, 1.82) is 0 Å². The summed E-state index contributed by atoms with van der Waals surface area (Å²) in [6.07, 6.45) is 11.8. The molecule has 0 spiro atoms. The van der Waals surface area contributed by atoms with Gasteiger partial charge in [-0.25, -0.2) is 0 Å². The van der Waals surface area contributed by atoms with Crippen LogP contribution in [0.4, 0.5) is 5.69 Å². The number of rotatable bonds is 15. The maximum atomic E-state index is 12.8. The zero-order chi connectivity index (χ0) is 23.9. The van der Waals surface area contributed by atoms with E-state index < -0.39 is 0 Å². The highest BCUT2D eigenvalue weighted by molar-refractivity contribution is 7.99. The SMILES string of the molecule is CCCCCCCCSc1ccc(C(=O)Nc2cc(C(=O)NCCCC)ccc2SC)cc1. The van der Waals surface area contributed by atoms with Gasteiger partial charge in [-0.05, 0) is 67.3 Å². The fourth-order valence-corrected chi connectivity index (χ4v) is 4.84. The smallest absolute Gasteiger partial charge is 0.255 e. The van der Waals surface area contributed by atoms with E-state index >= 15 is 0 Å². The molecule has 6 heteroatoms. The first-order valence-electron chi connectivity index (χ1n) is 12.1. The number of unbranched alkanes of at least 4 members (excludes halogenated alkanes) is 6. The average Bonchev–Trinajstić information content (AvgIpc) is 2.84. The number of amides is 2. The number of thioether (sulfide) groups is 2. The minimum absolute atomic E-state index is 0.113. The average molecular weight is 487 g/mol. The third-order valence-corrected chi connectivity index (χ3v) is 7.30. The molecule has 0 heterocycles. The van der Waals surface area contributed by atoms with E-state index in [4.69, 9.17) is 0 Å². The van der Waals surface area contributed by atoms with Gasteiger partial charge in [0.1, 0.15) is 0 Å². The second kappa shape index (κ2) is 15.8. The van der Waals surface area contributed by atoms with Crippen LogP contribution < -0.4 is 10.6 Å². The van der Waals surface area contributed by atoms with E-state index in [1.165, 1.54) is 43.4 Å². The van der Waals surface area contributed by atoms with Crippen molar-refractivity contribution >= 4 is 41.0 Å². The highest BCUT2D eigenvalue weighted by atomic mass is 32.2. The van der Waals surface area contributed by atoms with E-state index in [0.717, 1.165) is 23.5 Å². The summed E-state index contributed by atoms with van der Waals surface area (Å²) in [7, 11) is 0. The molecule has 33 heavy (non-hydrogen) atoms. The zero-order valence-corrected chi connectivity index (χ0v) is 21.9. The molecule has 0 aromatic heterocycles. The first-order valence-corrected chi connectivity index (χ1v) is 14.3. The molecule has 180 valence electrons. The number of carbonyl (C=O) groups excluding carboxylic acids is 2. The van der Waals surface area contributed by atoms with E-state index in [1.807, 2.05) is 48.3 Å². The standard InChI is InChI=1S/C27H38N2O2S2/c1-4-6-8-9-10-11-19-33-23-15-12-21(13-16-23)27(31)29-24-20-22(14-17-25(24)32-3)26(30)28-18-7-5-2/h12-17,20H,4-11,18-19H2,1-3H3,(H,28,30)(H,29,31). The van der Waals surface area contributed by atoms with Gasteiger partial charge in [-0.1, -0.05) is 52.4 Å². The van der Waals surface area contributed by atoms with Crippen molar-refractivity contribution in [2.45, 2.75) is 75.0 Å². The van der Waals surface area contributed by atoms with Crippen molar-refractivity contribution in [1.82, 2.24) is 5.32 Å². The van der Waals surface area contributed by atoms with Crippen LogP contribution in [0.3, 0.4) is 0 Å². The molecule has 0 unspecified atom stereocenters. The van der Waals surface area contributed by atoms with Crippen LogP contribution >= 0.6 is 23.5 Å². The normalized spacial score (nSPS) is 10.8. The summed E-state index contributed by atoms with van der Waals surface area (Å²) in [6.45, 7) is 4.99. The van der Waals surface area contributed by atoms with Crippen LogP contribution in [0, 0.1) is 0 Å². The number of carbonyl (C=O) groups is 2. The molecule has 0 saturated heterocycles.